The van der Waals surface area contributed by atoms with E-state index < -0.39 is 11.3 Å². The van der Waals surface area contributed by atoms with Gasteiger partial charge in [0.2, 0.25) is 5.75 Å². The number of rotatable bonds is 4. The Hall–Kier alpha value is -2.70. The Morgan fingerprint density at radius 2 is 1.88 bits per heavy atom. The number of aryl methyl sites for hydroxylation is 1. The first-order chi connectivity index (χ1) is 15.1. The second kappa shape index (κ2) is 8.34. The molecule has 0 saturated heterocycles. The minimum atomic E-state index is -0.778. The van der Waals surface area contributed by atoms with Crippen molar-refractivity contribution in [2.45, 2.75) is 90.3 Å². The highest BCUT2D eigenvalue weighted by atomic mass is 19.1. The predicted molar refractivity (Wildman–Crippen MR) is 121 cm³/mol. The highest BCUT2D eigenvalue weighted by molar-refractivity contribution is 5.96. The molecule has 1 atom stereocenters. The quantitative estimate of drug-likeness (QED) is 0.775. The van der Waals surface area contributed by atoms with Gasteiger partial charge in [0.25, 0.3) is 5.91 Å². The highest BCUT2D eigenvalue weighted by Crippen LogP contribution is 2.43. The first-order valence-electron chi connectivity index (χ1n) is 11.6. The molecule has 0 spiro atoms. The standard InChI is InChI=1S/C25H32FN3O3/c1-15(2)29-17(4)14-28-20(27-23(31)22(30)21(28)24(29)32)13-25(8-6-5-7-9-25)18-10-16(3)11-19(26)12-18/h10-12,15,17,30H,5-9,13-14H2,1-4H3/t17-/m0/s1. The molecule has 0 unspecified atom stereocenters. The molecule has 1 amide bonds. The van der Waals surface area contributed by atoms with Gasteiger partial charge in [-0.3, -0.25) is 9.59 Å². The van der Waals surface area contributed by atoms with Crippen LogP contribution in [0.3, 0.4) is 0 Å². The molecule has 1 fully saturated rings. The van der Waals surface area contributed by atoms with Gasteiger partial charge in [0.1, 0.15) is 11.6 Å². The molecule has 1 aromatic carbocycles. The van der Waals surface area contributed by atoms with Crippen molar-refractivity contribution in [2.24, 2.45) is 0 Å². The van der Waals surface area contributed by atoms with Gasteiger partial charge in [-0.05, 0) is 63.8 Å². The van der Waals surface area contributed by atoms with E-state index in [9.17, 15) is 19.1 Å². The third-order valence-electron chi connectivity index (χ3n) is 7.12. The number of benzene rings is 1. The van der Waals surface area contributed by atoms with Gasteiger partial charge in [0, 0.05) is 30.5 Å². The van der Waals surface area contributed by atoms with Crippen LogP contribution in [-0.2, 0) is 18.4 Å². The summed E-state index contributed by atoms with van der Waals surface area (Å²) in [5.74, 6) is -0.707. The lowest BCUT2D eigenvalue weighted by molar-refractivity contribution is 0.0523. The summed E-state index contributed by atoms with van der Waals surface area (Å²) in [4.78, 5) is 31.8. The van der Waals surface area contributed by atoms with Crippen molar-refractivity contribution in [1.82, 2.24) is 14.5 Å². The molecule has 2 aromatic rings. The average Bonchev–Trinajstić information content (AvgIpc) is 2.71. The van der Waals surface area contributed by atoms with Gasteiger partial charge in [-0.25, -0.2) is 4.39 Å². The van der Waals surface area contributed by atoms with Crippen LogP contribution in [0.5, 0.6) is 5.75 Å². The lowest BCUT2D eigenvalue weighted by Crippen LogP contribution is -2.52. The number of halogens is 1. The summed E-state index contributed by atoms with van der Waals surface area (Å²) in [5.41, 5.74) is 0.668. The summed E-state index contributed by atoms with van der Waals surface area (Å²) < 4.78 is 16.1. The highest BCUT2D eigenvalue weighted by Gasteiger charge is 2.40. The number of amides is 1. The maximum Gasteiger partial charge on any atom is 0.315 e. The first-order valence-corrected chi connectivity index (χ1v) is 11.6. The van der Waals surface area contributed by atoms with Gasteiger partial charge in [-0.15, -0.1) is 0 Å². The van der Waals surface area contributed by atoms with E-state index in [4.69, 9.17) is 0 Å². The largest absolute Gasteiger partial charge is 0.501 e. The topological polar surface area (TPSA) is 75.4 Å². The van der Waals surface area contributed by atoms with Crippen LogP contribution in [0.15, 0.2) is 23.0 Å². The molecule has 4 rings (SSSR count). The normalized spacial score (nSPS) is 20.5. The van der Waals surface area contributed by atoms with Crippen LogP contribution in [0, 0.1) is 12.7 Å². The smallest absolute Gasteiger partial charge is 0.315 e. The van der Waals surface area contributed by atoms with Crippen molar-refractivity contribution in [2.75, 3.05) is 0 Å². The Morgan fingerprint density at radius 3 is 2.50 bits per heavy atom. The van der Waals surface area contributed by atoms with Crippen LogP contribution in [0.2, 0.25) is 0 Å². The Morgan fingerprint density at radius 1 is 1.19 bits per heavy atom. The van der Waals surface area contributed by atoms with E-state index in [1.54, 1.807) is 15.5 Å². The zero-order chi connectivity index (χ0) is 23.2. The van der Waals surface area contributed by atoms with Gasteiger partial charge >= 0.3 is 5.56 Å². The van der Waals surface area contributed by atoms with Gasteiger partial charge < -0.3 is 14.6 Å². The minimum absolute atomic E-state index is 0.0215. The summed E-state index contributed by atoms with van der Waals surface area (Å²) in [5, 5.41) is 10.5. The third kappa shape index (κ3) is 3.82. The average molecular weight is 442 g/mol. The lowest BCUT2D eigenvalue weighted by atomic mass is 9.67. The third-order valence-corrected chi connectivity index (χ3v) is 7.12. The van der Waals surface area contributed by atoms with E-state index in [2.05, 4.69) is 4.98 Å². The molecule has 2 aliphatic rings. The molecule has 1 aromatic heterocycles. The fourth-order valence-corrected chi connectivity index (χ4v) is 5.70. The summed E-state index contributed by atoms with van der Waals surface area (Å²) in [6, 6.07) is 4.99. The number of carbonyl (C=O) groups excluding carboxylic acids is 1. The van der Waals surface area contributed by atoms with Gasteiger partial charge in [-0.1, -0.05) is 25.3 Å². The van der Waals surface area contributed by atoms with Crippen LogP contribution < -0.4 is 5.56 Å². The number of aromatic hydroxyl groups is 1. The van der Waals surface area contributed by atoms with E-state index in [1.165, 1.54) is 6.07 Å². The lowest BCUT2D eigenvalue weighted by Gasteiger charge is -2.41. The van der Waals surface area contributed by atoms with Gasteiger partial charge in [-0.2, -0.15) is 4.98 Å². The maximum atomic E-state index is 14.3. The maximum absolute atomic E-state index is 14.3. The van der Waals surface area contributed by atoms with E-state index in [-0.39, 0.29) is 34.9 Å². The zero-order valence-corrected chi connectivity index (χ0v) is 19.3. The Labute approximate surface area is 188 Å². The molecule has 1 N–H and O–H groups in total. The molecule has 7 heteroatoms. The molecule has 1 aliphatic carbocycles. The molecule has 0 radical (unpaired) electrons. The number of aromatic nitrogens is 2. The van der Waals surface area contributed by atoms with E-state index >= 15 is 0 Å². The molecular formula is C25H32FN3O3. The first kappa shape index (κ1) is 22.5. The van der Waals surface area contributed by atoms with Gasteiger partial charge in [0.15, 0.2) is 5.69 Å². The van der Waals surface area contributed by atoms with E-state index in [0.717, 1.165) is 43.2 Å². The molecule has 2 heterocycles. The SMILES string of the molecule is Cc1cc(F)cc(C2(Cc3nc(=O)c(O)c4n3C[C@H](C)N(C(C)C)C4=O)CCCCC2)c1. The monoisotopic (exact) mass is 441 g/mol. The van der Waals surface area contributed by atoms with Crippen molar-refractivity contribution >= 4 is 5.91 Å². The number of nitrogens with zero attached hydrogens (tertiary/aromatic N) is 3. The van der Waals surface area contributed by atoms with Crippen LogP contribution in [-0.4, -0.2) is 37.5 Å². The Balaban J connectivity index is 1.86. The molecular weight excluding hydrogens is 409 g/mol. The molecule has 1 aliphatic heterocycles. The van der Waals surface area contributed by atoms with Crippen LogP contribution in [0.25, 0.3) is 0 Å². The predicted octanol–water partition coefficient (Wildman–Crippen LogP) is 4.09. The summed E-state index contributed by atoms with van der Waals surface area (Å²) in [7, 11) is 0. The van der Waals surface area contributed by atoms with Crippen LogP contribution in [0.1, 0.15) is 80.3 Å². The Kier molecular flexibility index (Phi) is 5.86. The number of fused-ring (bicyclic) bond motifs is 1. The molecule has 1 saturated carbocycles. The molecule has 172 valence electrons. The second-order valence-electron chi connectivity index (χ2n) is 9.83. The zero-order valence-electron chi connectivity index (χ0n) is 19.3. The fraction of sp³-hybridized carbons (Fsp3) is 0.560. The molecule has 0 bridgehead atoms. The van der Waals surface area contributed by atoms with Crippen molar-refractivity contribution in [1.29, 1.82) is 0 Å². The van der Waals surface area contributed by atoms with E-state index in [1.807, 2.05) is 33.8 Å². The number of hydrogen-bond donors (Lipinski definition) is 1. The number of hydrogen-bond acceptors (Lipinski definition) is 4. The summed E-state index contributed by atoms with van der Waals surface area (Å²) in [6.07, 6.45) is 5.31. The van der Waals surface area contributed by atoms with Crippen molar-refractivity contribution < 1.29 is 14.3 Å². The second-order valence-corrected chi connectivity index (χ2v) is 9.83. The van der Waals surface area contributed by atoms with Crippen molar-refractivity contribution in [3.8, 4) is 5.75 Å². The van der Waals surface area contributed by atoms with Crippen molar-refractivity contribution in [3.05, 3.63) is 57.0 Å². The summed E-state index contributed by atoms with van der Waals surface area (Å²) >= 11 is 0. The summed E-state index contributed by atoms with van der Waals surface area (Å²) in [6.45, 7) is 8.14. The number of carbonyl (C=O) groups is 1. The minimum Gasteiger partial charge on any atom is -0.501 e. The van der Waals surface area contributed by atoms with E-state index in [0.29, 0.717) is 18.8 Å². The van der Waals surface area contributed by atoms with Gasteiger partial charge in [0.05, 0.1) is 0 Å². The van der Waals surface area contributed by atoms with Crippen LogP contribution in [0.4, 0.5) is 4.39 Å². The molecule has 32 heavy (non-hydrogen) atoms. The fourth-order valence-electron chi connectivity index (χ4n) is 5.70. The van der Waals surface area contributed by atoms with Crippen LogP contribution >= 0.6 is 0 Å². The van der Waals surface area contributed by atoms with Crippen molar-refractivity contribution in [3.63, 3.8) is 0 Å². The Bertz CT molecular complexity index is 1080. The molecule has 6 nitrogen and oxygen atoms in total.